The third-order valence-corrected chi connectivity index (χ3v) is 5.98. The Hall–Kier alpha value is -0.410. The Morgan fingerprint density at radius 2 is 2.12 bits per heavy atom. The average Bonchev–Trinajstić information content (AvgIpc) is 3.26. The molecule has 26 heavy (non-hydrogen) atoms. The van der Waals surface area contributed by atoms with E-state index in [4.69, 9.17) is 9.98 Å². The monoisotopic (exact) mass is 493 g/mol. The number of guanidine groups is 1. The normalized spacial score (nSPS) is 17.9. The zero-order chi connectivity index (χ0) is 18.2. The molecule has 0 aromatic carbocycles. The van der Waals surface area contributed by atoms with Crippen molar-refractivity contribution in [1.82, 2.24) is 20.1 Å². The van der Waals surface area contributed by atoms with E-state index >= 15 is 0 Å². The maximum Gasteiger partial charge on any atom is 0.194 e. The zero-order valence-electron chi connectivity index (χ0n) is 17.0. The van der Waals surface area contributed by atoms with Crippen LogP contribution in [0.5, 0.6) is 0 Å². The Morgan fingerprint density at radius 1 is 1.38 bits per heavy atom. The summed E-state index contributed by atoms with van der Waals surface area (Å²) in [4.78, 5) is 14.5. The lowest BCUT2D eigenvalue weighted by molar-refractivity contribution is 0.255. The van der Waals surface area contributed by atoms with E-state index in [9.17, 15) is 0 Å². The molecule has 0 aliphatic carbocycles. The minimum Gasteiger partial charge on any atom is -0.357 e. The molecule has 7 heteroatoms. The first-order chi connectivity index (χ1) is 12.1. The van der Waals surface area contributed by atoms with Crippen molar-refractivity contribution in [3.63, 3.8) is 0 Å². The van der Waals surface area contributed by atoms with Crippen LogP contribution in [0.15, 0.2) is 10.4 Å². The molecule has 1 unspecified atom stereocenters. The SMILES string of the molecule is CCNC(=NCc1csc(C(C)C)n1)N1CCC(CN(CC)CC)C1.I. The van der Waals surface area contributed by atoms with Gasteiger partial charge in [-0.25, -0.2) is 9.98 Å². The summed E-state index contributed by atoms with van der Waals surface area (Å²) in [7, 11) is 0. The first kappa shape index (κ1) is 23.6. The van der Waals surface area contributed by atoms with Gasteiger partial charge >= 0.3 is 0 Å². The molecule has 1 aliphatic rings. The third-order valence-electron chi connectivity index (χ3n) is 4.79. The highest BCUT2D eigenvalue weighted by atomic mass is 127. The maximum atomic E-state index is 4.85. The minimum absolute atomic E-state index is 0. The molecule has 1 N–H and O–H groups in total. The van der Waals surface area contributed by atoms with Gasteiger partial charge in [0.05, 0.1) is 17.2 Å². The number of hydrogen-bond donors (Lipinski definition) is 1. The van der Waals surface area contributed by atoms with Crippen LogP contribution < -0.4 is 5.32 Å². The van der Waals surface area contributed by atoms with Crippen molar-refractivity contribution in [3.8, 4) is 0 Å². The van der Waals surface area contributed by atoms with Gasteiger partial charge in [-0.3, -0.25) is 0 Å². The van der Waals surface area contributed by atoms with E-state index in [0.717, 1.165) is 50.3 Å². The second-order valence-corrected chi connectivity index (χ2v) is 7.98. The van der Waals surface area contributed by atoms with Gasteiger partial charge in [0.15, 0.2) is 5.96 Å². The number of hydrogen-bond acceptors (Lipinski definition) is 4. The molecule has 1 atom stereocenters. The fraction of sp³-hybridized carbons (Fsp3) is 0.789. The summed E-state index contributed by atoms with van der Waals surface area (Å²) in [5.41, 5.74) is 1.09. The van der Waals surface area contributed by atoms with Crippen molar-refractivity contribution in [2.24, 2.45) is 10.9 Å². The Bertz CT molecular complexity index is 542. The van der Waals surface area contributed by atoms with E-state index < -0.39 is 0 Å². The van der Waals surface area contributed by atoms with Crippen LogP contribution in [-0.4, -0.2) is 60.0 Å². The smallest absolute Gasteiger partial charge is 0.194 e. The minimum atomic E-state index is 0. The van der Waals surface area contributed by atoms with Gasteiger partial charge in [0, 0.05) is 37.5 Å². The maximum absolute atomic E-state index is 4.85. The second-order valence-electron chi connectivity index (χ2n) is 7.09. The first-order valence-electron chi connectivity index (χ1n) is 9.77. The molecule has 0 bridgehead atoms. The Morgan fingerprint density at radius 3 is 2.69 bits per heavy atom. The van der Waals surface area contributed by atoms with E-state index in [2.05, 4.69) is 55.1 Å². The highest BCUT2D eigenvalue weighted by Gasteiger charge is 2.25. The fourth-order valence-corrected chi connectivity index (χ4v) is 4.09. The van der Waals surface area contributed by atoms with Gasteiger partial charge < -0.3 is 15.1 Å². The van der Waals surface area contributed by atoms with Gasteiger partial charge in [-0.15, -0.1) is 35.3 Å². The molecule has 1 aromatic rings. The van der Waals surface area contributed by atoms with Crippen LogP contribution in [0.25, 0.3) is 0 Å². The van der Waals surface area contributed by atoms with Gasteiger partial charge in [0.2, 0.25) is 0 Å². The van der Waals surface area contributed by atoms with Gasteiger partial charge in [-0.1, -0.05) is 27.7 Å². The number of thiazole rings is 1. The van der Waals surface area contributed by atoms with Crippen LogP contribution >= 0.6 is 35.3 Å². The van der Waals surface area contributed by atoms with Crippen molar-refractivity contribution < 1.29 is 0 Å². The van der Waals surface area contributed by atoms with Crippen LogP contribution in [0.3, 0.4) is 0 Å². The molecule has 2 rings (SSSR count). The predicted molar refractivity (Wildman–Crippen MR) is 124 cm³/mol. The molecular weight excluding hydrogens is 457 g/mol. The van der Waals surface area contributed by atoms with Crippen LogP contribution in [0, 0.1) is 5.92 Å². The Kier molecular flexibility index (Phi) is 11.0. The molecule has 150 valence electrons. The average molecular weight is 494 g/mol. The summed E-state index contributed by atoms with van der Waals surface area (Å²) in [6.45, 7) is 18.3. The molecule has 0 spiro atoms. The molecule has 1 saturated heterocycles. The number of aromatic nitrogens is 1. The van der Waals surface area contributed by atoms with E-state index in [-0.39, 0.29) is 24.0 Å². The third kappa shape index (κ3) is 6.96. The first-order valence-corrected chi connectivity index (χ1v) is 10.6. The standard InChI is InChI=1S/C19H35N5S.HI/c1-6-20-19(21-11-17-14-25-18(22-17)15(4)5)24-10-9-16(13-24)12-23(7-2)8-3;/h14-16H,6-13H2,1-5H3,(H,20,21);1H. The molecule has 0 saturated carbocycles. The molecule has 0 amide bonds. The zero-order valence-corrected chi connectivity index (χ0v) is 20.1. The summed E-state index contributed by atoms with van der Waals surface area (Å²) in [5.74, 6) is 2.29. The number of aliphatic imine (C=N–C) groups is 1. The fourth-order valence-electron chi connectivity index (χ4n) is 3.26. The van der Waals surface area contributed by atoms with Crippen molar-refractivity contribution in [1.29, 1.82) is 0 Å². The molecule has 1 fully saturated rings. The molecule has 2 heterocycles. The Labute approximate surface area is 180 Å². The lowest BCUT2D eigenvalue weighted by Gasteiger charge is -2.24. The summed E-state index contributed by atoms with van der Waals surface area (Å²) >= 11 is 1.75. The number of nitrogens with one attached hydrogen (secondary N) is 1. The quantitative estimate of drug-likeness (QED) is 0.338. The summed E-state index contributed by atoms with van der Waals surface area (Å²) in [5, 5.41) is 6.82. The van der Waals surface area contributed by atoms with Gasteiger partial charge in [0.25, 0.3) is 0 Å². The van der Waals surface area contributed by atoms with Gasteiger partial charge in [-0.05, 0) is 32.4 Å². The lowest BCUT2D eigenvalue weighted by atomic mass is 10.1. The van der Waals surface area contributed by atoms with Crippen LogP contribution in [0.2, 0.25) is 0 Å². The van der Waals surface area contributed by atoms with Crippen molar-refractivity contribution >= 4 is 41.3 Å². The van der Waals surface area contributed by atoms with Crippen LogP contribution in [-0.2, 0) is 6.54 Å². The number of likely N-dealkylation sites (tertiary alicyclic amines) is 1. The highest BCUT2D eigenvalue weighted by molar-refractivity contribution is 14.0. The molecule has 1 aromatic heterocycles. The van der Waals surface area contributed by atoms with E-state index in [1.54, 1.807) is 11.3 Å². The molecule has 0 radical (unpaired) electrons. The van der Waals surface area contributed by atoms with Gasteiger partial charge in [0.1, 0.15) is 0 Å². The number of halogens is 1. The summed E-state index contributed by atoms with van der Waals surface area (Å²) in [6, 6.07) is 0. The van der Waals surface area contributed by atoms with Crippen molar-refractivity contribution in [3.05, 3.63) is 16.1 Å². The topological polar surface area (TPSA) is 43.8 Å². The van der Waals surface area contributed by atoms with E-state index in [1.807, 2.05) is 0 Å². The second kappa shape index (κ2) is 12.1. The van der Waals surface area contributed by atoms with Crippen LogP contribution in [0.1, 0.15) is 57.7 Å². The van der Waals surface area contributed by atoms with Gasteiger partial charge in [-0.2, -0.15) is 0 Å². The predicted octanol–water partition coefficient (Wildman–Crippen LogP) is 4.01. The van der Waals surface area contributed by atoms with Crippen molar-refractivity contribution in [2.75, 3.05) is 39.3 Å². The molecule has 5 nitrogen and oxygen atoms in total. The largest absolute Gasteiger partial charge is 0.357 e. The van der Waals surface area contributed by atoms with E-state index in [0.29, 0.717) is 12.5 Å². The molecular formula is C19H36IN5S. The highest BCUT2D eigenvalue weighted by Crippen LogP contribution is 2.20. The van der Waals surface area contributed by atoms with Crippen LogP contribution in [0.4, 0.5) is 0 Å². The van der Waals surface area contributed by atoms with E-state index in [1.165, 1.54) is 18.0 Å². The molecule has 1 aliphatic heterocycles. The lowest BCUT2D eigenvalue weighted by Crippen LogP contribution is -2.40. The van der Waals surface area contributed by atoms with Crippen molar-refractivity contribution in [2.45, 2.75) is 53.5 Å². The summed E-state index contributed by atoms with van der Waals surface area (Å²) in [6.07, 6.45) is 1.26. The number of nitrogens with zero attached hydrogens (tertiary/aromatic N) is 4. The summed E-state index contributed by atoms with van der Waals surface area (Å²) < 4.78 is 0. The number of rotatable bonds is 8. The Balaban J connectivity index is 0.00000338.